The lowest BCUT2D eigenvalue weighted by molar-refractivity contribution is -0.192. The zero-order chi connectivity index (χ0) is 23.8. The zero-order valence-corrected chi connectivity index (χ0v) is 19.3. The monoisotopic (exact) mass is 490 g/mol. The number of aryl methyl sites for hydroxylation is 1. The first-order valence-electron chi connectivity index (χ1n) is 10.8. The van der Waals surface area contributed by atoms with Crippen LogP contribution in [0.4, 0.5) is 13.2 Å². The molecule has 1 fully saturated rings. The normalized spacial score (nSPS) is 19.6. The van der Waals surface area contributed by atoms with Crippen LogP contribution in [-0.4, -0.2) is 69.8 Å². The Morgan fingerprint density at radius 1 is 1.36 bits per heavy atom. The Balaban J connectivity index is 0.000000383. The molecule has 0 spiro atoms. The number of carboxylic acid groups (broad SMARTS) is 1. The Bertz CT molecular complexity index is 883. The van der Waals surface area contributed by atoms with Crippen molar-refractivity contribution < 1.29 is 32.5 Å². The van der Waals surface area contributed by atoms with E-state index in [0.717, 1.165) is 56.0 Å². The molecule has 0 amide bonds. The molecule has 0 aliphatic carbocycles. The van der Waals surface area contributed by atoms with Gasteiger partial charge in [0.15, 0.2) is 0 Å². The van der Waals surface area contributed by atoms with Crippen LogP contribution in [0.2, 0.25) is 0 Å². The van der Waals surface area contributed by atoms with Crippen molar-refractivity contribution in [2.75, 3.05) is 32.9 Å². The molecule has 4 rings (SSSR count). The van der Waals surface area contributed by atoms with Gasteiger partial charge in [0, 0.05) is 51.0 Å². The number of alkyl halides is 3. The van der Waals surface area contributed by atoms with Gasteiger partial charge in [-0.2, -0.15) is 18.3 Å². The molecule has 0 saturated carbocycles. The van der Waals surface area contributed by atoms with Crippen molar-refractivity contribution in [3.8, 4) is 0 Å². The second kappa shape index (κ2) is 11.9. The molecule has 2 aliphatic heterocycles. The molecule has 0 bridgehead atoms. The fourth-order valence-corrected chi connectivity index (χ4v) is 4.58. The fourth-order valence-electron chi connectivity index (χ4n) is 3.98. The van der Waals surface area contributed by atoms with Crippen molar-refractivity contribution in [1.29, 1.82) is 0 Å². The van der Waals surface area contributed by atoms with Crippen LogP contribution >= 0.6 is 11.3 Å². The molecule has 1 atom stereocenters. The Kier molecular flexibility index (Phi) is 9.24. The third-order valence-corrected chi connectivity index (χ3v) is 6.39. The maximum atomic E-state index is 10.6. The topological polar surface area (TPSA) is 89.7 Å². The molecule has 2 aromatic rings. The molecule has 0 aromatic carbocycles. The van der Waals surface area contributed by atoms with Crippen LogP contribution < -0.4 is 0 Å². The minimum Gasteiger partial charge on any atom is -0.475 e. The Morgan fingerprint density at radius 3 is 2.73 bits per heavy atom. The van der Waals surface area contributed by atoms with Crippen LogP contribution in [0.1, 0.15) is 41.7 Å². The summed E-state index contributed by atoms with van der Waals surface area (Å²) in [5.74, 6) is -1.99. The van der Waals surface area contributed by atoms with Crippen LogP contribution in [0.3, 0.4) is 0 Å². The predicted octanol–water partition coefficient (Wildman–Crippen LogP) is 3.67. The van der Waals surface area contributed by atoms with Gasteiger partial charge in [0.25, 0.3) is 0 Å². The number of aromatic nitrogens is 3. The van der Waals surface area contributed by atoms with Crippen molar-refractivity contribution in [3.05, 3.63) is 34.0 Å². The highest BCUT2D eigenvalue weighted by Gasteiger charge is 2.38. The predicted molar refractivity (Wildman–Crippen MR) is 115 cm³/mol. The molecule has 8 nitrogen and oxygen atoms in total. The number of thiazole rings is 1. The first-order valence-corrected chi connectivity index (χ1v) is 11.7. The summed E-state index contributed by atoms with van der Waals surface area (Å²) >= 11 is 1.68. The minimum absolute atomic E-state index is 0.394. The highest BCUT2D eigenvalue weighted by Crippen LogP contribution is 2.26. The highest BCUT2D eigenvalue weighted by molar-refractivity contribution is 7.09. The average molecular weight is 491 g/mol. The molecule has 184 valence electrons. The molecule has 4 heterocycles. The molecule has 2 aliphatic rings. The minimum atomic E-state index is -5.08. The standard InChI is InChI=1S/C19H28N4O2S.C2HF3O2/c1-15-21-17(14-26-15)13-25-9-5-19-12-22(10-16-3-7-24-8-4-16)11-18-2-6-20-23(18)19;3-2(4,5)1(6)7/h2,6,14,16,19H,3-5,7-13H2,1H3;(H,6,7). The Labute approximate surface area is 194 Å². The lowest BCUT2D eigenvalue weighted by Crippen LogP contribution is -2.41. The molecule has 12 heteroatoms. The van der Waals surface area contributed by atoms with Crippen molar-refractivity contribution in [2.45, 2.75) is 51.6 Å². The molecule has 1 saturated heterocycles. The van der Waals surface area contributed by atoms with Crippen molar-refractivity contribution in [2.24, 2.45) is 5.92 Å². The summed E-state index contributed by atoms with van der Waals surface area (Å²) in [6.45, 7) is 8.46. The quantitative estimate of drug-likeness (QED) is 0.593. The van der Waals surface area contributed by atoms with Gasteiger partial charge in [0.2, 0.25) is 0 Å². The molecular weight excluding hydrogens is 461 g/mol. The first kappa shape index (κ1) is 25.6. The summed E-state index contributed by atoms with van der Waals surface area (Å²) < 4.78 is 45.3. The van der Waals surface area contributed by atoms with Gasteiger partial charge in [-0.15, -0.1) is 11.3 Å². The van der Waals surface area contributed by atoms with E-state index in [1.54, 1.807) is 11.3 Å². The number of nitrogens with zero attached hydrogens (tertiary/aromatic N) is 4. The van der Waals surface area contributed by atoms with Gasteiger partial charge in [0.05, 0.1) is 29.0 Å². The molecule has 2 aromatic heterocycles. The van der Waals surface area contributed by atoms with E-state index in [-0.39, 0.29) is 0 Å². The van der Waals surface area contributed by atoms with E-state index in [4.69, 9.17) is 19.4 Å². The number of halogens is 3. The largest absolute Gasteiger partial charge is 0.490 e. The summed E-state index contributed by atoms with van der Waals surface area (Å²) in [5, 5.41) is 14.9. The van der Waals surface area contributed by atoms with Crippen LogP contribution in [0, 0.1) is 12.8 Å². The van der Waals surface area contributed by atoms with E-state index in [9.17, 15) is 13.2 Å². The fraction of sp³-hybridized carbons (Fsp3) is 0.667. The van der Waals surface area contributed by atoms with Gasteiger partial charge in [0.1, 0.15) is 0 Å². The molecule has 33 heavy (non-hydrogen) atoms. The van der Waals surface area contributed by atoms with Gasteiger partial charge >= 0.3 is 12.1 Å². The van der Waals surface area contributed by atoms with Gasteiger partial charge in [-0.25, -0.2) is 9.78 Å². The van der Waals surface area contributed by atoms with Gasteiger partial charge < -0.3 is 14.6 Å². The van der Waals surface area contributed by atoms with Gasteiger partial charge in [-0.3, -0.25) is 9.58 Å². The number of aliphatic carboxylic acids is 1. The summed E-state index contributed by atoms with van der Waals surface area (Å²) in [6, 6.07) is 2.55. The van der Waals surface area contributed by atoms with E-state index in [1.165, 1.54) is 25.1 Å². The van der Waals surface area contributed by atoms with E-state index in [1.807, 2.05) is 13.1 Å². The molecule has 1 unspecified atom stereocenters. The van der Waals surface area contributed by atoms with E-state index in [2.05, 4.69) is 31.1 Å². The number of carboxylic acids is 1. The summed E-state index contributed by atoms with van der Waals surface area (Å²) in [7, 11) is 0. The molecule has 1 N–H and O–H groups in total. The summed E-state index contributed by atoms with van der Waals surface area (Å²) in [5.41, 5.74) is 2.36. The molecule has 0 radical (unpaired) electrons. The zero-order valence-electron chi connectivity index (χ0n) is 18.5. The third-order valence-electron chi connectivity index (χ3n) is 5.56. The maximum absolute atomic E-state index is 10.6. The SMILES string of the molecule is Cc1nc(COCCC2CN(CC3CCOCC3)Cc3ccnn32)cs1.O=C(O)C(F)(F)F. The average Bonchev–Trinajstić information content (AvgIpc) is 3.40. The summed E-state index contributed by atoms with van der Waals surface area (Å²) in [6.07, 6.45) is 0.217. The second-order valence-electron chi connectivity index (χ2n) is 8.17. The number of hydrogen-bond acceptors (Lipinski definition) is 7. The number of fused-ring (bicyclic) bond motifs is 1. The number of carbonyl (C=O) groups is 1. The van der Waals surface area contributed by atoms with Crippen molar-refractivity contribution >= 4 is 17.3 Å². The number of ether oxygens (including phenoxy) is 2. The Morgan fingerprint density at radius 2 is 2.09 bits per heavy atom. The van der Waals surface area contributed by atoms with Crippen LogP contribution in [0.15, 0.2) is 17.6 Å². The van der Waals surface area contributed by atoms with Gasteiger partial charge in [-0.1, -0.05) is 0 Å². The smallest absolute Gasteiger partial charge is 0.475 e. The first-order chi connectivity index (χ1) is 15.7. The number of hydrogen-bond donors (Lipinski definition) is 1. The highest BCUT2D eigenvalue weighted by atomic mass is 32.1. The lowest BCUT2D eigenvalue weighted by Gasteiger charge is -2.36. The Hall–Kier alpha value is -2.02. The lowest BCUT2D eigenvalue weighted by atomic mass is 9.98. The van der Waals surface area contributed by atoms with E-state index < -0.39 is 12.1 Å². The van der Waals surface area contributed by atoms with E-state index >= 15 is 0 Å². The second-order valence-corrected chi connectivity index (χ2v) is 9.24. The van der Waals surface area contributed by atoms with Crippen LogP contribution in [0.25, 0.3) is 0 Å². The third kappa shape index (κ3) is 8.05. The van der Waals surface area contributed by atoms with Crippen LogP contribution in [-0.2, 0) is 27.4 Å². The molecular formula is C21H29F3N4O4S. The van der Waals surface area contributed by atoms with Crippen molar-refractivity contribution in [3.63, 3.8) is 0 Å². The van der Waals surface area contributed by atoms with Gasteiger partial charge in [-0.05, 0) is 38.2 Å². The van der Waals surface area contributed by atoms with Crippen molar-refractivity contribution in [1.82, 2.24) is 19.7 Å². The van der Waals surface area contributed by atoms with E-state index in [0.29, 0.717) is 12.6 Å². The van der Waals surface area contributed by atoms with Crippen LogP contribution in [0.5, 0.6) is 0 Å². The maximum Gasteiger partial charge on any atom is 0.490 e. The number of rotatable bonds is 7. The summed E-state index contributed by atoms with van der Waals surface area (Å²) in [4.78, 5) is 16.0.